The molecule has 0 saturated heterocycles. The van der Waals surface area contributed by atoms with Crippen LogP contribution in [-0.4, -0.2) is 11.5 Å². The maximum absolute atomic E-state index is 6.36. The van der Waals surface area contributed by atoms with Gasteiger partial charge in [0.25, 0.3) is 0 Å². The molecule has 0 fully saturated rings. The van der Waals surface area contributed by atoms with Gasteiger partial charge < -0.3 is 5.32 Å². The van der Waals surface area contributed by atoms with Crippen molar-refractivity contribution in [3.8, 4) is 0 Å². The highest BCUT2D eigenvalue weighted by molar-refractivity contribution is 9.10. The zero-order valence-electron chi connectivity index (χ0n) is 12.4. The molecule has 0 bridgehead atoms. The number of aryl methyl sites for hydroxylation is 1. The van der Waals surface area contributed by atoms with Gasteiger partial charge in [0.15, 0.2) is 0 Å². The first-order valence-electron chi connectivity index (χ1n) is 7.26. The molecule has 1 atom stereocenters. The molecule has 4 heteroatoms. The lowest BCUT2D eigenvalue weighted by Crippen LogP contribution is -2.25. The van der Waals surface area contributed by atoms with Crippen LogP contribution in [0, 0.1) is 0 Å². The number of hydrogen-bond acceptors (Lipinski definition) is 2. The maximum atomic E-state index is 6.36. The molecule has 21 heavy (non-hydrogen) atoms. The number of nitrogens with one attached hydrogen (secondary N) is 1. The van der Waals surface area contributed by atoms with Gasteiger partial charge in [-0.05, 0) is 48.7 Å². The number of halogens is 2. The fraction of sp³-hybridized carbons (Fsp3) is 0.353. The highest BCUT2D eigenvalue weighted by Gasteiger charge is 2.17. The van der Waals surface area contributed by atoms with Crippen molar-refractivity contribution in [3.05, 3.63) is 62.8 Å². The van der Waals surface area contributed by atoms with Crippen molar-refractivity contribution in [1.29, 1.82) is 0 Å². The summed E-state index contributed by atoms with van der Waals surface area (Å²) in [5.74, 6) is 0. The van der Waals surface area contributed by atoms with E-state index in [4.69, 9.17) is 11.6 Å². The van der Waals surface area contributed by atoms with Gasteiger partial charge in [0, 0.05) is 15.7 Å². The summed E-state index contributed by atoms with van der Waals surface area (Å²) < 4.78 is 1.00. The van der Waals surface area contributed by atoms with E-state index in [1.807, 2.05) is 24.4 Å². The lowest BCUT2D eigenvalue weighted by atomic mass is 9.98. The molecule has 0 saturated carbocycles. The Kier molecular flexibility index (Phi) is 6.22. The van der Waals surface area contributed by atoms with E-state index in [0.717, 1.165) is 40.1 Å². The molecule has 0 aliphatic carbocycles. The SMILES string of the molecule is CCNC(Cc1ccc(Br)cc1Cl)c1ncccc1CC. The second-order valence-corrected chi connectivity index (χ2v) is 6.27. The molecule has 112 valence electrons. The summed E-state index contributed by atoms with van der Waals surface area (Å²) in [7, 11) is 0. The van der Waals surface area contributed by atoms with Gasteiger partial charge in [-0.25, -0.2) is 0 Å². The predicted molar refractivity (Wildman–Crippen MR) is 92.9 cm³/mol. The third-order valence-corrected chi connectivity index (χ3v) is 4.37. The van der Waals surface area contributed by atoms with Crippen molar-refractivity contribution < 1.29 is 0 Å². The van der Waals surface area contributed by atoms with Crippen LogP contribution >= 0.6 is 27.5 Å². The monoisotopic (exact) mass is 366 g/mol. The number of benzene rings is 1. The summed E-state index contributed by atoms with van der Waals surface area (Å²) in [6, 6.07) is 10.4. The van der Waals surface area contributed by atoms with E-state index in [9.17, 15) is 0 Å². The van der Waals surface area contributed by atoms with Crippen LogP contribution < -0.4 is 5.32 Å². The van der Waals surface area contributed by atoms with Crippen LogP contribution in [0.5, 0.6) is 0 Å². The fourth-order valence-electron chi connectivity index (χ4n) is 2.48. The molecule has 1 aromatic heterocycles. The lowest BCUT2D eigenvalue weighted by Gasteiger charge is -2.20. The first-order chi connectivity index (χ1) is 10.2. The summed E-state index contributed by atoms with van der Waals surface area (Å²) >= 11 is 9.81. The molecule has 2 aromatic rings. The van der Waals surface area contributed by atoms with Crippen molar-refractivity contribution in [1.82, 2.24) is 10.3 Å². The molecule has 0 radical (unpaired) electrons. The molecule has 1 unspecified atom stereocenters. The number of aromatic nitrogens is 1. The second kappa shape index (κ2) is 7.92. The summed E-state index contributed by atoms with van der Waals surface area (Å²) in [6.45, 7) is 5.18. The molecule has 0 amide bonds. The molecule has 0 aliphatic rings. The third-order valence-electron chi connectivity index (χ3n) is 3.53. The zero-order valence-corrected chi connectivity index (χ0v) is 14.7. The molecule has 1 N–H and O–H groups in total. The minimum absolute atomic E-state index is 0.185. The smallest absolute Gasteiger partial charge is 0.0608 e. The number of pyridine rings is 1. The quantitative estimate of drug-likeness (QED) is 0.781. The summed E-state index contributed by atoms with van der Waals surface area (Å²) in [5.41, 5.74) is 3.55. The average molecular weight is 368 g/mol. The molecule has 1 heterocycles. The molecular weight excluding hydrogens is 348 g/mol. The number of rotatable bonds is 6. The largest absolute Gasteiger partial charge is 0.309 e. The molecule has 0 spiro atoms. The minimum atomic E-state index is 0.185. The fourth-order valence-corrected chi connectivity index (χ4v) is 3.23. The molecule has 0 aliphatic heterocycles. The summed E-state index contributed by atoms with van der Waals surface area (Å²) in [5, 5.41) is 4.32. The highest BCUT2D eigenvalue weighted by atomic mass is 79.9. The van der Waals surface area contributed by atoms with Crippen LogP contribution in [0.1, 0.15) is 36.7 Å². The van der Waals surface area contributed by atoms with Crippen molar-refractivity contribution in [2.45, 2.75) is 32.7 Å². The topological polar surface area (TPSA) is 24.9 Å². The van der Waals surface area contributed by atoms with E-state index in [1.165, 1.54) is 5.56 Å². The Morgan fingerprint density at radius 1 is 1.24 bits per heavy atom. The van der Waals surface area contributed by atoms with Crippen LogP contribution in [0.15, 0.2) is 41.0 Å². The Morgan fingerprint density at radius 2 is 2.05 bits per heavy atom. The van der Waals surface area contributed by atoms with Crippen molar-refractivity contribution in [2.75, 3.05) is 6.54 Å². The van der Waals surface area contributed by atoms with Crippen molar-refractivity contribution >= 4 is 27.5 Å². The van der Waals surface area contributed by atoms with Crippen LogP contribution in [0.3, 0.4) is 0 Å². The highest BCUT2D eigenvalue weighted by Crippen LogP contribution is 2.27. The Bertz CT molecular complexity index is 601. The van der Waals surface area contributed by atoms with Crippen molar-refractivity contribution in [2.24, 2.45) is 0 Å². The average Bonchev–Trinajstić information content (AvgIpc) is 2.49. The van der Waals surface area contributed by atoms with Gasteiger partial charge in [0.05, 0.1) is 11.7 Å². The van der Waals surface area contributed by atoms with E-state index in [0.29, 0.717) is 0 Å². The Hall–Kier alpha value is -0.900. The first kappa shape index (κ1) is 16.5. The molecular formula is C17H20BrClN2. The summed E-state index contributed by atoms with van der Waals surface area (Å²) in [4.78, 5) is 4.60. The van der Waals surface area contributed by atoms with E-state index < -0.39 is 0 Å². The van der Waals surface area contributed by atoms with Crippen LogP contribution in [0.2, 0.25) is 5.02 Å². The van der Waals surface area contributed by atoms with Gasteiger partial charge in [0.1, 0.15) is 0 Å². The van der Waals surface area contributed by atoms with E-state index >= 15 is 0 Å². The van der Waals surface area contributed by atoms with Crippen LogP contribution in [-0.2, 0) is 12.8 Å². The normalized spacial score (nSPS) is 12.4. The number of likely N-dealkylation sites (N-methyl/N-ethyl adjacent to an activating group) is 1. The zero-order chi connectivity index (χ0) is 15.2. The van der Waals surface area contributed by atoms with Gasteiger partial charge in [-0.2, -0.15) is 0 Å². The Labute approximate surface area is 140 Å². The van der Waals surface area contributed by atoms with Crippen molar-refractivity contribution in [3.63, 3.8) is 0 Å². The van der Waals surface area contributed by atoms with Gasteiger partial charge in [0.2, 0.25) is 0 Å². The van der Waals surface area contributed by atoms with Crippen LogP contribution in [0.4, 0.5) is 0 Å². The second-order valence-electron chi connectivity index (χ2n) is 4.95. The summed E-state index contributed by atoms with van der Waals surface area (Å²) in [6.07, 6.45) is 3.69. The maximum Gasteiger partial charge on any atom is 0.0608 e. The van der Waals surface area contributed by atoms with Gasteiger partial charge in [-0.1, -0.05) is 53.5 Å². The third kappa shape index (κ3) is 4.29. The van der Waals surface area contributed by atoms with E-state index in [-0.39, 0.29) is 6.04 Å². The van der Waals surface area contributed by atoms with E-state index in [2.05, 4.69) is 52.2 Å². The number of hydrogen-bond donors (Lipinski definition) is 1. The Balaban J connectivity index is 2.30. The predicted octanol–water partition coefficient (Wildman–Crippen LogP) is 4.95. The molecule has 1 aromatic carbocycles. The van der Waals surface area contributed by atoms with Gasteiger partial charge in [-0.3, -0.25) is 4.98 Å². The molecule has 2 rings (SSSR count). The lowest BCUT2D eigenvalue weighted by molar-refractivity contribution is 0.532. The van der Waals surface area contributed by atoms with Gasteiger partial charge in [-0.15, -0.1) is 0 Å². The van der Waals surface area contributed by atoms with Gasteiger partial charge >= 0.3 is 0 Å². The minimum Gasteiger partial charge on any atom is -0.309 e. The van der Waals surface area contributed by atoms with Crippen LogP contribution in [0.25, 0.3) is 0 Å². The molecule has 2 nitrogen and oxygen atoms in total. The Morgan fingerprint density at radius 3 is 2.71 bits per heavy atom. The number of nitrogens with zero attached hydrogens (tertiary/aromatic N) is 1. The standard InChI is InChI=1S/C17H20BrClN2/c1-3-12-6-5-9-21-17(12)16(20-4-2)10-13-7-8-14(18)11-15(13)19/h5-9,11,16,20H,3-4,10H2,1-2H3. The first-order valence-corrected chi connectivity index (χ1v) is 8.43. The van der Waals surface area contributed by atoms with E-state index in [1.54, 1.807) is 0 Å².